The Bertz CT molecular complexity index is 1210. The topological polar surface area (TPSA) is 104 Å². The highest BCUT2D eigenvalue weighted by molar-refractivity contribution is 6.46. The number of aliphatic hydroxyl groups excluding tert-OH is 1. The van der Waals surface area contributed by atoms with Crippen molar-refractivity contribution in [2.75, 3.05) is 46.7 Å². The average molecular weight is 540 g/mol. The molecule has 2 heterocycles. The van der Waals surface area contributed by atoms with Gasteiger partial charge < -0.3 is 33.7 Å². The molecule has 1 amide bonds. The number of fused-ring (bicyclic) bond motifs is 1. The van der Waals surface area contributed by atoms with Crippen molar-refractivity contribution >= 4 is 17.4 Å². The molecule has 1 atom stereocenters. The zero-order valence-corrected chi connectivity index (χ0v) is 22.9. The molecule has 0 unspecified atom stereocenters. The van der Waals surface area contributed by atoms with Crippen LogP contribution in [0.2, 0.25) is 0 Å². The molecular formula is C30H37NO8. The first-order valence-electron chi connectivity index (χ1n) is 13.6. The van der Waals surface area contributed by atoms with Crippen LogP contribution in [0.3, 0.4) is 0 Å². The maximum Gasteiger partial charge on any atom is 0.295 e. The minimum absolute atomic E-state index is 0.00755. The molecule has 2 aliphatic rings. The van der Waals surface area contributed by atoms with Crippen LogP contribution in [0.5, 0.6) is 23.0 Å². The van der Waals surface area contributed by atoms with Gasteiger partial charge in [-0.15, -0.1) is 0 Å². The van der Waals surface area contributed by atoms with Crippen LogP contribution in [0.4, 0.5) is 0 Å². The Labute approximate surface area is 229 Å². The number of likely N-dealkylation sites (tertiary alicyclic amines) is 1. The summed E-state index contributed by atoms with van der Waals surface area (Å²) in [6, 6.07) is 9.54. The van der Waals surface area contributed by atoms with Crippen molar-refractivity contribution in [3.8, 4) is 23.0 Å². The monoisotopic (exact) mass is 539 g/mol. The SMILES string of the molecule is CCCCCOc1ccc([C@@H]2/C(=C(\O)c3ccc4c(c3)OCCO4)C(=O)C(=O)N2CCCOC)cc1OCC. The third-order valence-electron chi connectivity index (χ3n) is 6.69. The molecule has 2 aromatic rings. The van der Waals surface area contributed by atoms with Crippen LogP contribution in [0.25, 0.3) is 5.76 Å². The predicted octanol–water partition coefficient (Wildman–Crippen LogP) is 4.88. The number of carbonyl (C=O) groups is 2. The summed E-state index contributed by atoms with van der Waals surface area (Å²) in [5.41, 5.74) is 1.00. The number of carbonyl (C=O) groups excluding carboxylic acids is 2. The van der Waals surface area contributed by atoms with E-state index in [-0.39, 0.29) is 17.9 Å². The lowest BCUT2D eigenvalue weighted by atomic mass is 9.94. The number of amides is 1. The van der Waals surface area contributed by atoms with Crippen LogP contribution >= 0.6 is 0 Å². The van der Waals surface area contributed by atoms with E-state index >= 15 is 0 Å². The van der Waals surface area contributed by atoms with E-state index in [1.807, 2.05) is 13.0 Å². The van der Waals surface area contributed by atoms with Gasteiger partial charge in [0.15, 0.2) is 23.0 Å². The molecule has 39 heavy (non-hydrogen) atoms. The highest BCUT2D eigenvalue weighted by Crippen LogP contribution is 2.43. The lowest BCUT2D eigenvalue weighted by molar-refractivity contribution is -0.140. The third-order valence-corrected chi connectivity index (χ3v) is 6.69. The summed E-state index contributed by atoms with van der Waals surface area (Å²) in [6.07, 6.45) is 3.61. The van der Waals surface area contributed by atoms with E-state index in [0.717, 1.165) is 19.3 Å². The average Bonchev–Trinajstić information content (AvgIpc) is 3.20. The minimum atomic E-state index is -0.816. The third kappa shape index (κ3) is 6.30. The van der Waals surface area contributed by atoms with Crippen LogP contribution in [0.1, 0.15) is 56.7 Å². The van der Waals surface area contributed by atoms with E-state index in [2.05, 4.69) is 6.92 Å². The molecule has 1 N–H and O–H groups in total. The zero-order valence-electron chi connectivity index (χ0n) is 22.9. The molecule has 1 fully saturated rings. The fraction of sp³-hybridized carbons (Fsp3) is 0.467. The van der Waals surface area contributed by atoms with E-state index in [1.54, 1.807) is 37.4 Å². The fourth-order valence-electron chi connectivity index (χ4n) is 4.80. The number of Topliss-reactive ketones (excluding diaryl/α,β-unsaturated/α-hetero) is 1. The number of ether oxygens (including phenoxy) is 5. The van der Waals surface area contributed by atoms with Crippen LogP contribution < -0.4 is 18.9 Å². The standard InChI is InChI=1S/C30H37NO8/c1-4-6-7-15-37-22-11-9-20(18-24(22)36-5-2)27-26(29(33)30(34)31(27)13-8-14-35-3)28(32)21-10-12-23-25(19-21)39-17-16-38-23/h9-12,18-19,27,32H,4-8,13-17H2,1-3H3/b28-26+/t27-/m1/s1. The second-order valence-corrected chi connectivity index (χ2v) is 9.39. The Hall–Kier alpha value is -3.72. The number of hydrogen-bond acceptors (Lipinski definition) is 8. The number of ketones is 1. The zero-order chi connectivity index (χ0) is 27.8. The summed E-state index contributed by atoms with van der Waals surface area (Å²) < 4.78 is 28.3. The van der Waals surface area contributed by atoms with E-state index in [0.29, 0.717) is 73.6 Å². The quantitative estimate of drug-likeness (QED) is 0.166. The van der Waals surface area contributed by atoms with Gasteiger partial charge in [0.05, 0.1) is 24.8 Å². The van der Waals surface area contributed by atoms with Crippen molar-refractivity contribution < 1.29 is 38.4 Å². The number of rotatable bonds is 13. The smallest absolute Gasteiger partial charge is 0.295 e. The number of methoxy groups -OCH3 is 1. The number of nitrogens with zero attached hydrogens (tertiary/aromatic N) is 1. The first-order valence-corrected chi connectivity index (χ1v) is 13.6. The lowest BCUT2D eigenvalue weighted by Gasteiger charge is -2.26. The summed E-state index contributed by atoms with van der Waals surface area (Å²) in [5.74, 6) is 0.455. The highest BCUT2D eigenvalue weighted by Gasteiger charge is 2.46. The first kappa shape index (κ1) is 28.3. The molecule has 9 heteroatoms. The van der Waals surface area contributed by atoms with Crippen LogP contribution in [-0.4, -0.2) is 68.4 Å². The molecule has 0 bridgehead atoms. The number of benzene rings is 2. The molecule has 2 aromatic carbocycles. The Balaban J connectivity index is 1.76. The highest BCUT2D eigenvalue weighted by atomic mass is 16.6. The molecule has 4 rings (SSSR count). The van der Waals surface area contributed by atoms with Gasteiger partial charge in [-0.2, -0.15) is 0 Å². The van der Waals surface area contributed by atoms with Gasteiger partial charge in [-0.05, 0) is 55.7 Å². The van der Waals surface area contributed by atoms with Gasteiger partial charge in [0.25, 0.3) is 11.7 Å². The van der Waals surface area contributed by atoms with Crippen molar-refractivity contribution in [1.82, 2.24) is 4.90 Å². The van der Waals surface area contributed by atoms with Crippen LogP contribution in [0.15, 0.2) is 42.0 Å². The Morgan fingerprint density at radius 3 is 2.49 bits per heavy atom. The Morgan fingerprint density at radius 2 is 1.74 bits per heavy atom. The summed E-state index contributed by atoms with van der Waals surface area (Å²) >= 11 is 0. The second kappa shape index (κ2) is 13.4. The van der Waals surface area contributed by atoms with E-state index < -0.39 is 17.7 Å². The van der Waals surface area contributed by atoms with Crippen molar-refractivity contribution in [1.29, 1.82) is 0 Å². The van der Waals surface area contributed by atoms with Gasteiger partial charge in [0, 0.05) is 25.8 Å². The Kier molecular flexibility index (Phi) is 9.70. The van der Waals surface area contributed by atoms with Gasteiger partial charge in [-0.3, -0.25) is 9.59 Å². The largest absolute Gasteiger partial charge is 0.507 e. The van der Waals surface area contributed by atoms with Crippen LogP contribution in [-0.2, 0) is 14.3 Å². The molecule has 0 aromatic heterocycles. The molecule has 0 aliphatic carbocycles. The maximum atomic E-state index is 13.4. The number of aliphatic hydroxyl groups is 1. The van der Waals surface area contributed by atoms with E-state index in [9.17, 15) is 14.7 Å². The number of hydrogen-bond donors (Lipinski definition) is 1. The molecule has 1 saturated heterocycles. The van der Waals surface area contributed by atoms with Crippen molar-refractivity contribution in [2.24, 2.45) is 0 Å². The molecule has 0 radical (unpaired) electrons. The molecule has 0 saturated carbocycles. The molecule has 9 nitrogen and oxygen atoms in total. The Morgan fingerprint density at radius 1 is 0.949 bits per heavy atom. The second-order valence-electron chi connectivity index (χ2n) is 9.39. The fourth-order valence-corrected chi connectivity index (χ4v) is 4.80. The van der Waals surface area contributed by atoms with Gasteiger partial charge >= 0.3 is 0 Å². The summed E-state index contributed by atoms with van der Waals surface area (Å²) in [4.78, 5) is 28.1. The van der Waals surface area contributed by atoms with E-state index in [1.165, 1.54) is 4.90 Å². The lowest BCUT2D eigenvalue weighted by Crippen LogP contribution is -2.31. The van der Waals surface area contributed by atoms with Gasteiger partial charge in [0.2, 0.25) is 0 Å². The minimum Gasteiger partial charge on any atom is -0.507 e. The maximum absolute atomic E-state index is 13.4. The van der Waals surface area contributed by atoms with Gasteiger partial charge in [-0.25, -0.2) is 0 Å². The predicted molar refractivity (Wildman–Crippen MR) is 146 cm³/mol. The normalized spacial score (nSPS) is 17.9. The van der Waals surface area contributed by atoms with Crippen molar-refractivity contribution in [3.05, 3.63) is 53.1 Å². The summed E-state index contributed by atoms with van der Waals surface area (Å²) in [5, 5.41) is 11.4. The van der Waals surface area contributed by atoms with E-state index in [4.69, 9.17) is 23.7 Å². The van der Waals surface area contributed by atoms with Gasteiger partial charge in [-0.1, -0.05) is 25.8 Å². The number of unbranched alkanes of at least 4 members (excludes halogenated alkanes) is 2. The van der Waals surface area contributed by atoms with Crippen LogP contribution in [0, 0.1) is 0 Å². The first-order chi connectivity index (χ1) is 19.0. The van der Waals surface area contributed by atoms with Crippen molar-refractivity contribution in [3.63, 3.8) is 0 Å². The van der Waals surface area contributed by atoms with Crippen molar-refractivity contribution in [2.45, 2.75) is 45.6 Å². The molecular weight excluding hydrogens is 502 g/mol. The summed E-state index contributed by atoms with van der Waals surface area (Å²) in [6.45, 7) is 6.51. The molecule has 210 valence electrons. The van der Waals surface area contributed by atoms with Gasteiger partial charge in [0.1, 0.15) is 19.0 Å². The molecule has 2 aliphatic heterocycles. The molecule has 0 spiro atoms. The summed E-state index contributed by atoms with van der Waals surface area (Å²) in [7, 11) is 1.58.